The molecule has 16 nitrogen and oxygen atoms in total. The molecule has 10 heterocycles. The molecule has 0 aliphatic carbocycles. The molecule has 0 fully saturated rings. The summed E-state index contributed by atoms with van der Waals surface area (Å²) in [5.41, 5.74) is 25.2. The maximum absolute atomic E-state index is 5.09. The Balaban J connectivity index is 0.000000150. The Morgan fingerprint density at radius 3 is 1.00 bits per heavy atom. The fourth-order valence-electron chi connectivity index (χ4n) is 11.4. The van der Waals surface area contributed by atoms with Gasteiger partial charge in [-0.15, -0.1) is 10.2 Å². The number of hydrogen-bond donors (Lipinski definition) is 2. The summed E-state index contributed by atoms with van der Waals surface area (Å²) in [5.74, 6) is 3.24. The predicted molar refractivity (Wildman–Crippen MR) is 363 cm³/mol. The van der Waals surface area contributed by atoms with Gasteiger partial charge in [-0.1, -0.05) is 182 Å². The van der Waals surface area contributed by atoms with E-state index in [1.165, 1.54) is 0 Å². The third kappa shape index (κ3) is 12.3. The first-order chi connectivity index (χ1) is 44.5. The van der Waals surface area contributed by atoms with Crippen molar-refractivity contribution in [3.05, 3.63) is 334 Å². The molecule has 432 valence electrons. The van der Waals surface area contributed by atoms with E-state index in [1.54, 1.807) is 0 Å². The average molecular weight is 1170 g/mol. The van der Waals surface area contributed by atoms with Crippen LogP contribution in [0.4, 0.5) is 0 Å². The largest absolute Gasteiger partial charge is 0.289 e. The van der Waals surface area contributed by atoms with Gasteiger partial charge in [-0.3, -0.25) is 20.7 Å². The number of hydrazone groups is 2. The van der Waals surface area contributed by atoms with Gasteiger partial charge in [0.15, 0.2) is 0 Å². The summed E-state index contributed by atoms with van der Waals surface area (Å²) in [7, 11) is 0. The molecule has 10 aliphatic rings. The highest BCUT2D eigenvalue weighted by Crippen LogP contribution is 2.30. The second kappa shape index (κ2) is 24.7. The molecule has 0 saturated heterocycles. The minimum Gasteiger partial charge on any atom is -0.289 e. The Hall–Kier alpha value is -12.0. The number of nitrogens with one attached hydrogen (secondary N) is 2. The van der Waals surface area contributed by atoms with Crippen LogP contribution in [0.15, 0.2) is 361 Å². The molecule has 16 rings (SSSR count). The van der Waals surface area contributed by atoms with E-state index in [0.717, 1.165) is 125 Å². The van der Waals surface area contributed by atoms with Crippen molar-refractivity contribution in [2.45, 2.75) is 38.8 Å². The third-order valence-corrected chi connectivity index (χ3v) is 15.7. The lowest BCUT2D eigenvalue weighted by Gasteiger charge is -2.18. The van der Waals surface area contributed by atoms with Crippen molar-refractivity contribution in [2.24, 2.45) is 60.1 Å². The SMILES string of the molecule is C1=CC2=NC1=CC1=NC(=C(Cc3ccccc3)C3=NC(=NC4=NNC(=C2)N4Cc2ccccc2)N=C3Cc2ccccc2)C=C1.C1=CC2=NC1=CC1=NC(=C(Cc3ccccc3)C3=NC(=NC4=NNC(=C2)N4Cc2ccccc2)N=C3Cc2ccccc2)C=C1. The molecule has 0 saturated carbocycles. The molecule has 10 aliphatic heterocycles. The van der Waals surface area contributed by atoms with E-state index in [9.17, 15) is 0 Å². The molecule has 0 unspecified atom stereocenters. The maximum Gasteiger partial charge on any atom is 0.253 e. The molecule has 0 amide bonds. The van der Waals surface area contributed by atoms with Crippen molar-refractivity contribution >= 4 is 69.5 Å². The van der Waals surface area contributed by atoms with Gasteiger partial charge < -0.3 is 0 Å². The van der Waals surface area contributed by atoms with E-state index in [2.05, 4.69) is 130 Å². The quantitative estimate of drug-likeness (QED) is 0.124. The Labute approximate surface area is 520 Å². The second-order valence-electron chi connectivity index (χ2n) is 22.1. The molecular formula is C74H56N16. The Morgan fingerprint density at radius 2 is 0.622 bits per heavy atom. The fraction of sp³-hybridized carbons (Fsp3) is 0.0811. The number of hydrogen-bond acceptors (Lipinski definition) is 16. The van der Waals surface area contributed by atoms with Gasteiger partial charge in [0.2, 0.25) is 0 Å². The summed E-state index contributed by atoms with van der Waals surface area (Å²) in [6.45, 7) is 1.13. The topological polar surface area (TPSA) is 179 Å². The standard InChI is InChI=1S/2C37H28N8/c2*1-4-10-25(11-5-1)20-31-32-19-18-29(39-32)22-28-16-17-30(38-28)23-34-43-44-37(45(34)24-27-14-8-3-9-15-27)42-36-40-33(35(31)41-36)21-26-12-6-2-7-13-26/h2*1-19,22-23,43H,20-21,24H2. The fourth-order valence-corrected chi connectivity index (χ4v) is 11.4. The highest BCUT2D eigenvalue weighted by atomic mass is 15.5. The van der Waals surface area contributed by atoms with Crippen molar-refractivity contribution in [1.82, 2.24) is 20.7 Å². The van der Waals surface area contributed by atoms with Crippen molar-refractivity contribution in [2.75, 3.05) is 0 Å². The zero-order valence-corrected chi connectivity index (χ0v) is 48.8. The van der Waals surface area contributed by atoms with Crippen LogP contribution in [-0.2, 0) is 38.8 Å². The summed E-state index contributed by atoms with van der Waals surface area (Å²) < 4.78 is 0. The van der Waals surface area contributed by atoms with E-state index in [0.29, 0.717) is 62.6 Å². The maximum atomic E-state index is 5.09. The van der Waals surface area contributed by atoms with Crippen LogP contribution < -0.4 is 10.9 Å². The number of nitrogens with zero attached hydrogens (tertiary/aromatic N) is 14. The number of allylic oxidation sites excluding steroid dienone is 14. The zero-order valence-electron chi connectivity index (χ0n) is 48.8. The summed E-state index contributed by atoms with van der Waals surface area (Å²) in [4.78, 5) is 53.9. The van der Waals surface area contributed by atoms with E-state index >= 15 is 0 Å². The van der Waals surface area contributed by atoms with Crippen LogP contribution in [0.5, 0.6) is 0 Å². The summed E-state index contributed by atoms with van der Waals surface area (Å²) >= 11 is 0. The molecule has 90 heavy (non-hydrogen) atoms. The van der Waals surface area contributed by atoms with Crippen LogP contribution in [0.2, 0.25) is 0 Å². The number of aliphatic imine (C=N–C) groups is 10. The molecule has 6 aromatic rings. The number of fused-ring (bicyclic) bond motifs is 10. The van der Waals surface area contributed by atoms with Gasteiger partial charge in [0, 0.05) is 49.0 Å². The van der Waals surface area contributed by atoms with Gasteiger partial charge in [-0.05, 0) is 94.1 Å². The normalized spacial score (nSPS) is 18.1. The van der Waals surface area contributed by atoms with Gasteiger partial charge in [-0.2, -0.15) is 9.98 Å². The molecule has 0 spiro atoms. The first kappa shape index (κ1) is 54.6. The molecular weight excluding hydrogens is 1110 g/mol. The smallest absolute Gasteiger partial charge is 0.253 e. The Bertz CT molecular complexity index is 4330. The predicted octanol–water partition coefficient (Wildman–Crippen LogP) is 12.2. The third-order valence-electron chi connectivity index (χ3n) is 15.7. The van der Waals surface area contributed by atoms with Crippen LogP contribution in [0.1, 0.15) is 33.4 Å². The van der Waals surface area contributed by atoms with Crippen LogP contribution in [0.3, 0.4) is 0 Å². The van der Waals surface area contributed by atoms with E-state index < -0.39 is 0 Å². The molecule has 0 aromatic heterocycles. The van der Waals surface area contributed by atoms with Crippen LogP contribution >= 0.6 is 0 Å². The van der Waals surface area contributed by atoms with E-state index in [1.807, 2.05) is 155 Å². The molecule has 0 radical (unpaired) electrons. The van der Waals surface area contributed by atoms with Gasteiger partial charge in [-0.25, -0.2) is 39.9 Å². The van der Waals surface area contributed by atoms with Gasteiger partial charge in [0.05, 0.1) is 81.6 Å². The molecule has 6 aromatic carbocycles. The summed E-state index contributed by atoms with van der Waals surface area (Å²) in [6.07, 6.45) is 26.7. The van der Waals surface area contributed by atoms with Gasteiger partial charge in [0.1, 0.15) is 11.6 Å². The lowest BCUT2D eigenvalue weighted by atomic mass is 9.93. The monoisotopic (exact) mass is 1170 g/mol. The number of guanidine groups is 4. The van der Waals surface area contributed by atoms with E-state index in [4.69, 9.17) is 49.9 Å². The molecule has 16 bridgehead atoms. The Morgan fingerprint density at radius 1 is 0.289 bits per heavy atom. The highest BCUT2D eigenvalue weighted by molar-refractivity contribution is 6.55. The summed E-state index contributed by atoms with van der Waals surface area (Å²) in [6, 6.07) is 62.0. The van der Waals surface area contributed by atoms with Crippen LogP contribution in [0, 0.1) is 0 Å². The molecule has 0 atom stereocenters. The van der Waals surface area contributed by atoms with E-state index in [-0.39, 0.29) is 0 Å². The first-order valence-electron chi connectivity index (χ1n) is 29.8. The van der Waals surface area contributed by atoms with Gasteiger partial charge >= 0.3 is 0 Å². The van der Waals surface area contributed by atoms with Crippen molar-refractivity contribution in [3.63, 3.8) is 0 Å². The number of rotatable bonds is 12. The minimum atomic E-state index is 0.362. The van der Waals surface area contributed by atoms with Crippen molar-refractivity contribution in [3.8, 4) is 0 Å². The lowest BCUT2D eigenvalue weighted by molar-refractivity contribution is 0.501. The second-order valence-corrected chi connectivity index (χ2v) is 22.1. The Kier molecular flexibility index (Phi) is 15.0. The molecule has 16 heteroatoms. The molecule has 2 N–H and O–H groups in total. The van der Waals surface area contributed by atoms with Crippen molar-refractivity contribution < 1.29 is 0 Å². The van der Waals surface area contributed by atoms with Crippen LogP contribution in [-0.4, -0.2) is 79.3 Å². The summed E-state index contributed by atoms with van der Waals surface area (Å²) in [5, 5.41) is 9.23. The zero-order chi connectivity index (χ0) is 60.0. The van der Waals surface area contributed by atoms with Crippen LogP contribution in [0.25, 0.3) is 0 Å². The minimum absolute atomic E-state index is 0.362. The van der Waals surface area contributed by atoms with Gasteiger partial charge in [0.25, 0.3) is 23.8 Å². The average Bonchev–Trinajstić information content (AvgIpc) is 2.02. The highest BCUT2D eigenvalue weighted by Gasteiger charge is 2.32. The van der Waals surface area contributed by atoms with Crippen molar-refractivity contribution in [1.29, 1.82) is 0 Å². The first-order valence-corrected chi connectivity index (χ1v) is 29.8. The number of benzene rings is 6. The lowest BCUT2D eigenvalue weighted by Crippen LogP contribution is -2.27.